The lowest BCUT2D eigenvalue weighted by molar-refractivity contribution is -0.120. The van der Waals surface area contributed by atoms with Gasteiger partial charge in [0, 0.05) is 22.6 Å². The summed E-state index contributed by atoms with van der Waals surface area (Å²) >= 11 is 11.7. The second kappa shape index (κ2) is 7.77. The Morgan fingerprint density at radius 1 is 1.47 bits per heavy atom. The van der Waals surface area contributed by atoms with Crippen LogP contribution in [0.5, 0.6) is 0 Å². The van der Waals surface area contributed by atoms with Crippen LogP contribution in [0, 0.1) is 0 Å². The van der Waals surface area contributed by atoms with E-state index in [1.807, 2.05) is 6.92 Å². The predicted octanol–water partition coefficient (Wildman–Crippen LogP) is 2.42. The van der Waals surface area contributed by atoms with Crippen LogP contribution in [0.3, 0.4) is 0 Å². The van der Waals surface area contributed by atoms with Crippen molar-refractivity contribution in [1.82, 2.24) is 5.32 Å². The zero-order chi connectivity index (χ0) is 12.1. The molecule has 96 valence electrons. The monoisotopic (exact) mass is 296 g/mol. The van der Waals surface area contributed by atoms with E-state index in [-0.39, 0.29) is 30.8 Å². The first kappa shape index (κ1) is 16.5. The highest BCUT2D eigenvalue weighted by Crippen LogP contribution is 2.21. The van der Waals surface area contributed by atoms with Crippen molar-refractivity contribution in [1.29, 1.82) is 0 Å². The number of halogens is 3. The van der Waals surface area contributed by atoms with Crippen molar-refractivity contribution in [2.75, 3.05) is 6.54 Å². The van der Waals surface area contributed by atoms with Crippen LogP contribution in [0.15, 0.2) is 18.2 Å². The second-order valence-electron chi connectivity index (χ2n) is 3.62. The number of amides is 1. The summed E-state index contributed by atoms with van der Waals surface area (Å²) in [4.78, 5) is 11.6. The summed E-state index contributed by atoms with van der Waals surface area (Å²) in [5, 5.41) is 3.83. The first-order valence-corrected chi connectivity index (χ1v) is 5.72. The van der Waals surface area contributed by atoms with Gasteiger partial charge in [-0.15, -0.1) is 12.4 Å². The molecule has 0 radical (unpaired) electrons. The van der Waals surface area contributed by atoms with Gasteiger partial charge in [0.05, 0.1) is 6.42 Å². The van der Waals surface area contributed by atoms with E-state index < -0.39 is 0 Å². The van der Waals surface area contributed by atoms with Gasteiger partial charge in [-0.25, -0.2) is 0 Å². The molecule has 0 unspecified atom stereocenters. The molecule has 0 aliphatic rings. The largest absolute Gasteiger partial charge is 0.352 e. The SMILES string of the molecule is C[C@@H](CN)NC(=O)Cc1ccc(Cl)cc1Cl.Cl. The van der Waals surface area contributed by atoms with Crippen molar-refractivity contribution in [3.63, 3.8) is 0 Å². The van der Waals surface area contributed by atoms with Gasteiger partial charge in [0.25, 0.3) is 0 Å². The third kappa shape index (κ3) is 5.59. The van der Waals surface area contributed by atoms with E-state index in [0.29, 0.717) is 16.6 Å². The maximum atomic E-state index is 11.6. The van der Waals surface area contributed by atoms with E-state index in [2.05, 4.69) is 5.32 Å². The summed E-state index contributed by atoms with van der Waals surface area (Å²) in [6, 6.07) is 5.05. The number of nitrogens with one attached hydrogen (secondary N) is 1. The highest BCUT2D eigenvalue weighted by atomic mass is 35.5. The molecule has 0 saturated heterocycles. The Labute approximate surface area is 117 Å². The number of rotatable bonds is 4. The molecule has 3 nitrogen and oxygen atoms in total. The third-order valence-electron chi connectivity index (χ3n) is 2.13. The topological polar surface area (TPSA) is 55.1 Å². The van der Waals surface area contributed by atoms with Crippen LogP contribution in [0.4, 0.5) is 0 Å². The molecule has 1 aromatic carbocycles. The minimum absolute atomic E-state index is 0. The number of carbonyl (C=O) groups excluding carboxylic acids is 1. The smallest absolute Gasteiger partial charge is 0.224 e. The van der Waals surface area contributed by atoms with Crippen molar-refractivity contribution in [3.05, 3.63) is 33.8 Å². The van der Waals surface area contributed by atoms with Crippen molar-refractivity contribution in [2.45, 2.75) is 19.4 Å². The Morgan fingerprint density at radius 3 is 2.65 bits per heavy atom. The predicted molar refractivity (Wildman–Crippen MR) is 74.1 cm³/mol. The van der Waals surface area contributed by atoms with Crippen molar-refractivity contribution in [3.8, 4) is 0 Å². The van der Waals surface area contributed by atoms with Crippen LogP contribution in [-0.2, 0) is 11.2 Å². The first-order chi connectivity index (χ1) is 7.52. The van der Waals surface area contributed by atoms with Gasteiger partial charge < -0.3 is 11.1 Å². The molecule has 0 bridgehead atoms. The summed E-state index contributed by atoms with van der Waals surface area (Å²) in [5.74, 6) is -0.0952. The standard InChI is InChI=1S/C11H14Cl2N2O.ClH/c1-7(6-14)15-11(16)4-8-2-3-9(12)5-10(8)13;/h2-3,5,7H,4,6,14H2,1H3,(H,15,16);1H/t7-;/m0./s1. The number of nitrogens with two attached hydrogens (primary N) is 1. The van der Waals surface area contributed by atoms with Crippen molar-refractivity contribution < 1.29 is 4.79 Å². The molecule has 1 atom stereocenters. The molecular weight excluding hydrogens is 282 g/mol. The quantitative estimate of drug-likeness (QED) is 0.897. The Morgan fingerprint density at radius 2 is 2.12 bits per heavy atom. The third-order valence-corrected chi connectivity index (χ3v) is 2.71. The summed E-state index contributed by atoms with van der Waals surface area (Å²) < 4.78 is 0. The second-order valence-corrected chi connectivity index (χ2v) is 4.46. The molecule has 0 aromatic heterocycles. The number of hydrogen-bond acceptors (Lipinski definition) is 2. The fourth-order valence-corrected chi connectivity index (χ4v) is 1.70. The molecular formula is C11H15Cl3N2O. The van der Waals surface area contributed by atoms with Crippen LogP contribution < -0.4 is 11.1 Å². The normalized spacial score (nSPS) is 11.5. The lowest BCUT2D eigenvalue weighted by Gasteiger charge is -2.11. The Kier molecular flexibility index (Phi) is 7.55. The Hall–Kier alpha value is -0.480. The lowest BCUT2D eigenvalue weighted by atomic mass is 10.1. The van der Waals surface area contributed by atoms with E-state index in [1.165, 1.54) is 0 Å². The number of carbonyl (C=O) groups is 1. The number of hydrogen-bond donors (Lipinski definition) is 2. The van der Waals surface area contributed by atoms with Gasteiger partial charge in [-0.3, -0.25) is 4.79 Å². The summed E-state index contributed by atoms with van der Waals surface area (Å²) in [5.41, 5.74) is 6.16. The van der Waals surface area contributed by atoms with E-state index in [1.54, 1.807) is 18.2 Å². The fraction of sp³-hybridized carbons (Fsp3) is 0.364. The van der Waals surface area contributed by atoms with Crippen molar-refractivity contribution >= 4 is 41.5 Å². The van der Waals surface area contributed by atoms with Crippen LogP contribution in [0.2, 0.25) is 10.0 Å². The summed E-state index contributed by atoms with van der Waals surface area (Å²) in [7, 11) is 0. The van der Waals surface area contributed by atoms with Gasteiger partial charge in [-0.05, 0) is 24.6 Å². The molecule has 0 aliphatic heterocycles. The fourth-order valence-electron chi connectivity index (χ4n) is 1.22. The van der Waals surface area contributed by atoms with E-state index in [4.69, 9.17) is 28.9 Å². The summed E-state index contributed by atoms with van der Waals surface area (Å²) in [6.07, 6.45) is 0.236. The molecule has 0 spiro atoms. The van der Waals surface area contributed by atoms with Gasteiger partial charge in [0.1, 0.15) is 0 Å². The first-order valence-electron chi connectivity index (χ1n) is 4.96. The molecule has 0 heterocycles. The van der Waals surface area contributed by atoms with Gasteiger partial charge in [0.2, 0.25) is 5.91 Å². The van der Waals surface area contributed by atoms with Crippen LogP contribution >= 0.6 is 35.6 Å². The van der Waals surface area contributed by atoms with E-state index >= 15 is 0 Å². The highest BCUT2D eigenvalue weighted by Gasteiger charge is 2.09. The van der Waals surface area contributed by atoms with Crippen LogP contribution in [-0.4, -0.2) is 18.5 Å². The van der Waals surface area contributed by atoms with E-state index in [9.17, 15) is 4.79 Å². The Balaban J connectivity index is 0.00000256. The molecule has 6 heteroatoms. The zero-order valence-corrected chi connectivity index (χ0v) is 11.7. The molecule has 1 aromatic rings. The minimum Gasteiger partial charge on any atom is -0.352 e. The molecule has 17 heavy (non-hydrogen) atoms. The van der Waals surface area contributed by atoms with Gasteiger partial charge in [0.15, 0.2) is 0 Å². The molecule has 0 saturated carbocycles. The molecule has 3 N–H and O–H groups in total. The summed E-state index contributed by atoms with van der Waals surface area (Å²) in [6.45, 7) is 2.27. The van der Waals surface area contributed by atoms with Gasteiger partial charge >= 0.3 is 0 Å². The average Bonchev–Trinajstić information content (AvgIpc) is 2.22. The molecule has 1 amide bonds. The molecule has 1 rings (SSSR count). The van der Waals surface area contributed by atoms with Crippen LogP contribution in [0.1, 0.15) is 12.5 Å². The Bertz CT molecular complexity index is 385. The maximum absolute atomic E-state index is 11.6. The molecule has 0 fully saturated rings. The van der Waals surface area contributed by atoms with Crippen LogP contribution in [0.25, 0.3) is 0 Å². The average molecular weight is 298 g/mol. The number of benzene rings is 1. The minimum atomic E-state index is -0.0952. The highest BCUT2D eigenvalue weighted by molar-refractivity contribution is 6.35. The maximum Gasteiger partial charge on any atom is 0.224 e. The van der Waals surface area contributed by atoms with Gasteiger partial charge in [-0.2, -0.15) is 0 Å². The van der Waals surface area contributed by atoms with Crippen molar-refractivity contribution in [2.24, 2.45) is 5.73 Å². The lowest BCUT2D eigenvalue weighted by Crippen LogP contribution is -2.38. The zero-order valence-electron chi connectivity index (χ0n) is 9.37. The van der Waals surface area contributed by atoms with Gasteiger partial charge in [-0.1, -0.05) is 29.3 Å². The molecule has 0 aliphatic carbocycles. The van der Waals surface area contributed by atoms with E-state index in [0.717, 1.165) is 5.56 Å².